The minimum atomic E-state index is -0.583. The number of allylic oxidation sites excluding steroid dienone is 3. The maximum absolute atomic E-state index is 12.8. The molecule has 1 aromatic carbocycles. The molecule has 1 aromatic rings. The van der Waals surface area contributed by atoms with E-state index in [1.54, 1.807) is 65.3 Å². The first-order valence-corrected chi connectivity index (χ1v) is 10.6. The number of urea groups is 1. The molecule has 4 rings (SSSR count). The summed E-state index contributed by atoms with van der Waals surface area (Å²) in [5, 5.41) is 0. The lowest BCUT2D eigenvalue weighted by molar-refractivity contribution is -0.129. The second kappa shape index (κ2) is 9.17. The number of carbonyl (C=O) groups excluding carboxylic acids is 4. The number of benzene rings is 1. The first-order valence-electron chi connectivity index (χ1n) is 10.6. The molecule has 0 saturated carbocycles. The van der Waals surface area contributed by atoms with Gasteiger partial charge < -0.3 is 14.5 Å². The van der Waals surface area contributed by atoms with Crippen molar-refractivity contribution in [3.8, 4) is 0 Å². The maximum Gasteiger partial charge on any atom is 0.409 e. The second-order valence-electron chi connectivity index (χ2n) is 7.64. The Bertz CT molecular complexity index is 1020. The van der Waals surface area contributed by atoms with Crippen molar-refractivity contribution in [1.29, 1.82) is 0 Å². The van der Waals surface area contributed by atoms with E-state index in [4.69, 9.17) is 4.74 Å². The highest BCUT2D eigenvalue weighted by Gasteiger charge is 2.35. The summed E-state index contributed by atoms with van der Waals surface area (Å²) >= 11 is 0. The fraction of sp³-hybridized carbons (Fsp3) is 0.348. The summed E-state index contributed by atoms with van der Waals surface area (Å²) < 4.78 is 5.00. The molecule has 1 saturated heterocycles. The molecule has 1 aliphatic carbocycles. The Kier molecular flexibility index (Phi) is 6.16. The molecule has 1 unspecified atom stereocenters. The number of piperazine rings is 1. The van der Waals surface area contributed by atoms with Crippen LogP contribution >= 0.6 is 0 Å². The van der Waals surface area contributed by atoms with Crippen molar-refractivity contribution < 1.29 is 23.9 Å². The zero-order chi connectivity index (χ0) is 22.7. The van der Waals surface area contributed by atoms with Crippen molar-refractivity contribution in [2.45, 2.75) is 13.5 Å². The lowest BCUT2D eigenvalue weighted by Gasteiger charge is -2.34. The number of hydrogen-bond donors (Lipinski definition) is 0. The number of carbonyl (C=O) groups is 4. The molecule has 5 amide bonds. The van der Waals surface area contributed by atoms with Crippen LogP contribution in [-0.2, 0) is 16.1 Å². The maximum atomic E-state index is 12.8. The lowest BCUT2D eigenvalue weighted by atomic mass is 9.95. The number of fused-ring (bicyclic) bond motifs is 1. The second-order valence-corrected chi connectivity index (χ2v) is 7.64. The predicted molar refractivity (Wildman–Crippen MR) is 116 cm³/mol. The topological polar surface area (TPSA) is 99.6 Å². The van der Waals surface area contributed by atoms with E-state index in [0.717, 1.165) is 10.5 Å². The van der Waals surface area contributed by atoms with E-state index in [9.17, 15) is 19.2 Å². The molecule has 9 heteroatoms. The smallest absolute Gasteiger partial charge is 0.409 e. The average Bonchev–Trinajstić information content (AvgIpc) is 2.82. The van der Waals surface area contributed by atoms with Gasteiger partial charge in [0.1, 0.15) is 0 Å². The van der Waals surface area contributed by atoms with Crippen molar-refractivity contribution in [2.24, 2.45) is 10.9 Å². The minimum absolute atomic E-state index is 0.0924. The molecule has 2 aliphatic heterocycles. The lowest BCUT2D eigenvalue weighted by Crippen LogP contribution is -2.50. The Morgan fingerprint density at radius 1 is 1.03 bits per heavy atom. The average molecular weight is 436 g/mol. The van der Waals surface area contributed by atoms with Crippen LogP contribution in [0.25, 0.3) is 0 Å². The van der Waals surface area contributed by atoms with E-state index in [1.807, 2.05) is 0 Å². The van der Waals surface area contributed by atoms with Crippen LogP contribution in [-0.4, -0.2) is 77.1 Å². The molecule has 1 atom stereocenters. The Labute approximate surface area is 185 Å². The molecule has 1 fully saturated rings. The molecular formula is C23H24N4O5. The van der Waals surface area contributed by atoms with Crippen LogP contribution < -0.4 is 0 Å². The largest absolute Gasteiger partial charge is 0.450 e. The highest BCUT2D eigenvalue weighted by molar-refractivity contribution is 6.21. The zero-order valence-electron chi connectivity index (χ0n) is 17.8. The van der Waals surface area contributed by atoms with Crippen LogP contribution in [0.1, 0.15) is 22.8 Å². The van der Waals surface area contributed by atoms with Crippen molar-refractivity contribution in [3.63, 3.8) is 0 Å². The Morgan fingerprint density at radius 3 is 2.41 bits per heavy atom. The molecule has 0 bridgehead atoms. The van der Waals surface area contributed by atoms with Gasteiger partial charge in [0.25, 0.3) is 5.91 Å². The summed E-state index contributed by atoms with van der Waals surface area (Å²) in [7, 11) is 0. The van der Waals surface area contributed by atoms with Gasteiger partial charge in [-0.2, -0.15) is 4.99 Å². The number of ether oxygens (including phenoxy) is 1. The normalized spacial score (nSPS) is 20.2. The Morgan fingerprint density at radius 2 is 1.72 bits per heavy atom. The summed E-state index contributed by atoms with van der Waals surface area (Å²) in [4.78, 5) is 58.1. The van der Waals surface area contributed by atoms with Crippen molar-refractivity contribution >= 4 is 29.7 Å². The Hall–Kier alpha value is -3.75. The standard InChI is InChI=1S/C23H24N4O5/c1-2-32-23(31)26-13-11-25(12-14-26)20(28)17-9-7-16(8-10-17)15-27-21(29)18-5-3-4-6-19(18)24-22(27)30/h3-10,18H,2,11-15H2,1H3. The van der Waals surface area contributed by atoms with Gasteiger partial charge in [0.15, 0.2) is 0 Å². The molecule has 0 aromatic heterocycles. The van der Waals surface area contributed by atoms with Crippen LogP contribution in [0.15, 0.2) is 53.6 Å². The summed E-state index contributed by atoms with van der Waals surface area (Å²) in [6.07, 6.45) is 6.55. The van der Waals surface area contributed by atoms with E-state index in [2.05, 4.69) is 4.99 Å². The number of nitrogens with zero attached hydrogens (tertiary/aromatic N) is 4. The van der Waals surface area contributed by atoms with Gasteiger partial charge in [0.05, 0.1) is 24.8 Å². The fourth-order valence-electron chi connectivity index (χ4n) is 3.85. The first-order chi connectivity index (χ1) is 15.5. The van der Waals surface area contributed by atoms with Gasteiger partial charge >= 0.3 is 12.1 Å². The van der Waals surface area contributed by atoms with E-state index in [-0.39, 0.29) is 24.5 Å². The van der Waals surface area contributed by atoms with Crippen LogP contribution in [0.2, 0.25) is 0 Å². The number of rotatable bonds is 4. The Balaban J connectivity index is 1.37. The molecule has 9 nitrogen and oxygen atoms in total. The van der Waals surface area contributed by atoms with Crippen molar-refractivity contribution in [3.05, 3.63) is 59.7 Å². The van der Waals surface area contributed by atoms with Gasteiger partial charge in [0.2, 0.25) is 5.91 Å². The summed E-state index contributed by atoms with van der Waals surface area (Å²) in [6.45, 7) is 3.88. The van der Waals surface area contributed by atoms with E-state index < -0.39 is 11.9 Å². The molecule has 2 heterocycles. The van der Waals surface area contributed by atoms with Crippen molar-refractivity contribution in [2.75, 3.05) is 32.8 Å². The monoisotopic (exact) mass is 436 g/mol. The summed E-state index contributed by atoms with van der Waals surface area (Å²) in [5.41, 5.74) is 1.70. The number of imide groups is 1. The summed E-state index contributed by atoms with van der Waals surface area (Å²) in [6, 6.07) is 6.26. The van der Waals surface area contributed by atoms with Crippen LogP contribution in [0.5, 0.6) is 0 Å². The number of hydrogen-bond acceptors (Lipinski definition) is 5. The van der Waals surface area contributed by atoms with Crippen LogP contribution in [0.3, 0.4) is 0 Å². The number of aliphatic imine (C=N–C) groups is 1. The van der Waals surface area contributed by atoms with Crippen LogP contribution in [0.4, 0.5) is 9.59 Å². The van der Waals surface area contributed by atoms with Crippen LogP contribution in [0, 0.1) is 5.92 Å². The van der Waals surface area contributed by atoms with Gasteiger partial charge in [-0.15, -0.1) is 0 Å². The van der Waals surface area contributed by atoms with Gasteiger partial charge in [-0.05, 0) is 30.7 Å². The van der Waals surface area contributed by atoms with Gasteiger partial charge in [0, 0.05) is 31.7 Å². The first kappa shape index (κ1) is 21.5. The third kappa shape index (κ3) is 4.32. The summed E-state index contributed by atoms with van der Waals surface area (Å²) in [5.74, 6) is -0.967. The molecule has 32 heavy (non-hydrogen) atoms. The van der Waals surface area contributed by atoms with Crippen molar-refractivity contribution in [1.82, 2.24) is 14.7 Å². The predicted octanol–water partition coefficient (Wildman–Crippen LogP) is 2.25. The molecule has 0 spiro atoms. The van der Waals surface area contributed by atoms with Gasteiger partial charge in [-0.1, -0.05) is 30.4 Å². The highest BCUT2D eigenvalue weighted by Crippen LogP contribution is 2.22. The third-order valence-electron chi connectivity index (χ3n) is 5.62. The van der Waals surface area contributed by atoms with E-state index >= 15 is 0 Å². The molecule has 0 radical (unpaired) electrons. The minimum Gasteiger partial charge on any atom is -0.450 e. The third-order valence-corrected chi connectivity index (χ3v) is 5.62. The molecule has 3 aliphatic rings. The fourth-order valence-corrected chi connectivity index (χ4v) is 3.85. The zero-order valence-corrected chi connectivity index (χ0v) is 17.8. The SMILES string of the molecule is CCOC(=O)N1CCN(C(=O)c2ccc(CN3C(=O)N=C4C=CC=CC4C3=O)cc2)CC1. The highest BCUT2D eigenvalue weighted by atomic mass is 16.6. The molecule has 0 N–H and O–H groups in total. The van der Waals surface area contributed by atoms with E-state index in [1.165, 1.54) is 0 Å². The quantitative estimate of drug-likeness (QED) is 0.721. The van der Waals surface area contributed by atoms with Gasteiger partial charge in [-0.3, -0.25) is 14.5 Å². The van der Waals surface area contributed by atoms with Gasteiger partial charge in [-0.25, -0.2) is 9.59 Å². The molecular weight excluding hydrogens is 412 g/mol. The molecule has 166 valence electrons. The van der Waals surface area contributed by atoms with E-state index in [0.29, 0.717) is 44.1 Å². The number of amides is 5.